The van der Waals surface area contributed by atoms with Crippen LogP contribution in [0.25, 0.3) is 0 Å². The second-order valence-corrected chi connectivity index (χ2v) is 6.84. The lowest BCUT2D eigenvalue weighted by Gasteiger charge is -2.15. The summed E-state index contributed by atoms with van der Waals surface area (Å²) in [6.45, 7) is 8.64. The number of thioether (sulfide) groups is 1. The van der Waals surface area contributed by atoms with Crippen molar-refractivity contribution >= 4 is 17.7 Å². The van der Waals surface area contributed by atoms with Gasteiger partial charge in [-0.3, -0.25) is 14.2 Å². The lowest BCUT2D eigenvalue weighted by atomic mass is 10.1. The Morgan fingerprint density at radius 2 is 2.24 bits per heavy atom. The van der Waals surface area contributed by atoms with Crippen LogP contribution in [0.3, 0.4) is 0 Å². The molecule has 0 saturated carbocycles. The van der Waals surface area contributed by atoms with Gasteiger partial charge in [0.05, 0.1) is 6.04 Å². The largest absolute Gasteiger partial charge is 0.356 e. The van der Waals surface area contributed by atoms with Gasteiger partial charge in [-0.2, -0.15) is 0 Å². The lowest BCUT2D eigenvalue weighted by molar-refractivity contribution is -0.121. The SMILES string of the molecule is CCc1c(C)nc2n(c1=O)C(CC(=O)NCC(C)C)CS2. The van der Waals surface area contributed by atoms with E-state index >= 15 is 0 Å². The van der Waals surface area contributed by atoms with Crippen molar-refractivity contribution in [1.82, 2.24) is 14.9 Å². The quantitative estimate of drug-likeness (QED) is 0.844. The Morgan fingerprint density at radius 1 is 1.52 bits per heavy atom. The third-order valence-electron chi connectivity index (χ3n) is 3.64. The maximum atomic E-state index is 12.5. The third-order valence-corrected chi connectivity index (χ3v) is 4.73. The highest BCUT2D eigenvalue weighted by atomic mass is 32.2. The minimum Gasteiger partial charge on any atom is -0.356 e. The molecule has 5 nitrogen and oxygen atoms in total. The van der Waals surface area contributed by atoms with Crippen molar-refractivity contribution in [2.24, 2.45) is 5.92 Å². The van der Waals surface area contributed by atoms with Crippen LogP contribution in [0.2, 0.25) is 0 Å². The number of carbonyl (C=O) groups is 1. The predicted octanol–water partition coefficient (Wildman–Crippen LogP) is 1.92. The molecule has 0 saturated heterocycles. The first-order valence-electron chi connectivity index (χ1n) is 7.45. The average Bonchev–Trinajstić information content (AvgIpc) is 2.79. The van der Waals surface area contributed by atoms with E-state index in [2.05, 4.69) is 24.1 Å². The Labute approximate surface area is 129 Å². The topological polar surface area (TPSA) is 64.0 Å². The van der Waals surface area contributed by atoms with Crippen LogP contribution in [0.1, 0.15) is 44.5 Å². The number of nitrogens with one attached hydrogen (secondary N) is 1. The fourth-order valence-electron chi connectivity index (χ4n) is 2.48. The molecule has 6 heteroatoms. The summed E-state index contributed by atoms with van der Waals surface area (Å²) in [5.74, 6) is 1.18. The highest BCUT2D eigenvalue weighted by Gasteiger charge is 2.28. The van der Waals surface area contributed by atoms with Crippen molar-refractivity contribution in [2.45, 2.75) is 51.7 Å². The van der Waals surface area contributed by atoms with Crippen molar-refractivity contribution in [2.75, 3.05) is 12.3 Å². The van der Waals surface area contributed by atoms with Crippen LogP contribution < -0.4 is 10.9 Å². The molecule has 1 aliphatic heterocycles. The average molecular weight is 309 g/mol. The maximum Gasteiger partial charge on any atom is 0.257 e. The number of hydrogen-bond donors (Lipinski definition) is 1. The molecule has 0 spiro atoms. The number of nitrogens with zero attached hydrogens (tertiary/aromatic N) is 2. The van der Waals surface area contributed by atoms with Gasteiger partial charge in [0.2, 0.25) is 5.91 Å². The molecule has 0 fully saturated rings. The molecule has 0 aliphatic carbocycles. The van der Waals surface area contributed by atoms with Gasteiger partial charge in [0.25, 0.3) is 5.56 Å². The second-order valence-electron chi connectivity index (χ2n) is 5.85. The van der Waals surface area contributed by atoms with E-state index in [1.54, 1.807) is 16.3 Å². The molecule has 0 aromatic carbocycles. The van der Waals surface area contributed by atoms with Gasteiger partial charge >= 0.3 is 0 Å². The van der Waals surface area contributed by atoms with Crippen molar-refractivity contribution in [3.05, 3.63) is 21.6 Å². The molecule has 1 aromatic heterocycles. The number of fused-ring (bicyclic) bond motifs is 1. The first kappa shape index (κ1) is 16.1. The van der Waals surface area contributed by atoms with Crippen molar-refractivity contribution in [1.29, 1.82) is 0 Å². The molecule has 0 bridgehead atoms. The molecule has 1 N–H and O–H groups in total. The van der Waals surface area contributed by atoms with Crippen LogP contribution in [0.4, 0.5) is 0 Å². The van der Waals surface area contributed by atoms with Gasteiger partial charge in [0.15, 0.2) is 5.16 Å². The number of amides is 1. The third kappa shape index (κ3) is 3.48. The van der Waals surface area contributed by atoms with E-state index in [1.807, 2.05) is 13.8 Å². The molecule has 1 atom stereocenters. The fraction of sp³-hybridized carbons (Fsp3) is 0.667. The monoisotopic (exact) mass is 309 g/mol. The molecule has 2 rings (SSSR count). The Bertz CT molecular complexity index is 595. The molecular weight excluding hydrogens is 286 g/mol. The highest BCUT2D eigenvalue weighted by Crippen LogP contribution is 2.32. The molecular formula is C15H23N3O2S. The van der Waals surface area contributed by atoms with E-state index < -0.39 is 0 Å². The molecule has 1 aromatic rings. The Hall–Kier alpha value is -1.30. The van der Waals surface area contributed by atoms with E-state index in [0.29, 0.717) is 25.3 Å². The molecule has 1 amide bonds. The summed E-state index contributed by atoms with van der Waals surface area (Å²) in [6.07, 6.45) is 1.02. The molecule has 1 unspecified atom stereocenters. The van der Waals surface area contributed by atoms with Crippen molar-refractivity contribution in [3.8, 4) is 0 Å². The van der Waals surface area contributed by atoms with E-state index in [9.17, 15) is 9.59 Å². The normalized spacial score (nSPS) is 17.1. The first-order chi connectivity index (χ1) is 9.93. The smallest absolute Gasteiger partial charge is 0.257 e. The van der Waals surface area contributed by atoms with E-state index in [1.165, 1.54) is 0 Å². The summed E-state index contributed by atoms with van der Waals surface area (Å²) in [4.78, 5) is 29.0. The first-order valence-corrected chi connectivity index (χ1v) is 8.44. The molecule has 21 heavy (non-hydrogen) atoms. The van der Waals surface area contributed by atoms with Crippen molar-refractivity contribution < 1.29 is 4.79 Å². The Balaban J connectivity index is 2.18. The zero-order valence-electron chi connectivity index (χ0n) is 13.1. The minimum absolute atomic E-state index is 0.00711. The van der Waals surface area contributed by atoms with E-state index in [-0.39, 0.29) is 17.5 Å². The van der Waals surface area contributed by atoms with Crippen LogP contribution in [-0.4, -0.2) is 27.8 Å². The number of rotatable bonds is 5. The standard InChI is InChI=1S/C15H23N3O2S/c1-5-12-10(4)17-15-18(14(12)20)11(8-21-15)6-13(19)16-7-9(2)3/h9,11H,5-8H2,1-4H3,(H,16,19). The van der Waals surface area contributed by atoms with Gasteiger partial charge in [0, 0.05) is 30.0 Å². The van der Waals surface area contributed by atoms with Gasteiger partial charge in [-0.15, -0.1) is 0 Å². The summed E-state index contributed by atoms with van der Waals surface area (Å²) in [5.41, 5.74) is 1.59. The maximum absolute atomic E-state index is 12.5. The highest BCUT2D eigenvalue weighted by molar-refractivity contribution is 7.99. The van der Waals surface area contributed by atoms with Gasteiger partial charge in [-0.25, -0.2) is 4.98 Å². The molecule has 2 heterocycles. The summed E-state index contributed by atoms with van der Waals surface area (Å²) < 4.78 is 1.71. The number of hydrogen-bond acceptors (Lipinski definition) is 4. The number of aromatic nitrogens is 2. The zero-order chi connectivity index (χ0) is 15.6. The van der Waals surface area contributed by atoms with Crippen LogP contribution in [0.5, 0.6) is 0 Å². The van der Waals surface area contributed by atoms with E-state index in [4.69, 9.17) is 0 Å². The summed E-state index contributed by atoms with van der Waals surface area (Å²) in [6, 6.07) is -0.0805. The minimum atomic E-state index is -0.0805. The summed E-state index contributed by atoms with van der Waals surface area (Å²) in [5, 5.41) is 3.66. The summed E-state index contributed by atoms with van der Waals surface area (Å²) >= 11 is 1.56. The Morgan fingerprint density at radius 3 is 2.86 bits per heavy atom. The van der Waals surface area contributed by atoms with Crippen molar-refractivity contribution in [3.63, 3.8) is 0 Å². The van der Waals surface area contributed by atoms with Gasteiger partial charge in [-0.1, -0.05) is 32.5 Å². The van der Waals surface area contributed by atoms with Crippen LogP contribution in [0.15, 0.2) is 9.95 Å². The predicted molar refractivity (Wildman–Crippen MR) is 84.8 cm³/mol. The number of aryl methyl sites for hydroxylation is 1. The van der Waals surface area contributed by atoms with Gasteiger partial charge in [-0.05, 0) is 19.3 Å². The van der Waals surface area contributed by atoms with Crippen LogP contribution >= 0.6 is 11.8 Å². The fourth-order valence-corrected chi connectivity index (χ4v) is 3.66. The second kappa shape index (κ2) is 6.64. The van der Waals surface area contributed by atoms with Crippen LogP contribution in [0, 0.1) is 12.8 Å². The molecule has 116 valence electrons. The van der Waals surface area contributed by atoms with E-state index in [0.717, 1.165) is 22.2 Å². The zero-order valence-corrected chi connectivity index (χ0v) is 13.9. The number of carbonyl (C=O) groups excluding carboxylic acids is 1. The Kier molecular flexibility index (Phi) is 5.08. The molecule has 0 radical (unpaired) electrons. The summed E-state index contributed by atoms with van der Waals surface area (Å²) in [7, 11) is 0. The molecule has 1 aliphatic rings. The van der Waals surface area contributed by atoms with Crippen LogP contribution in [-0.2, 0) is 11.2 Å². The van der Waals surface area contributed by atoms with Gasteiger partial charge in [0.1, 0.15) is 0 Å². The van der Waals surface area contributed by atoms with Gasteiger partial charge < -0.3 is 5.32 Å². The lowest BCUT2D eigenvalue weighted by Crippen LogP contribution is -2.33.